The lowest BCUT2D eigenvalue weighted by molar-refractivity contribution is -0.139. The lowest BCUT2D eigenvalue weighted by Gasteiger charge is -2.28. The van der Waals surface area contributed by atoms with E-state index in [2.05, 4.69) is 23.5 Å². The van der Waals surface area contributed by atoms with Crippen molar-refractivity contribution in [3.05, 3.63) is 29.3 Å². The van der Waals surface area contributed by atoms with Crippen LogP contribution in [0, 0.1) is 13.8 Å². The molecule has 0 aliphatic heterocycles. The first kappa shape index (κ1) is 16.9. The van der Waals surface area contributed by atoms with Crippen LogP contribution in [-0.2, 0) is 9.59 Å². The molecule has 0 aromatic heterocycles. The predicted octanol–water partition coefficient (Wildman–Crippen LogP) is 3.30. The number of carbonyl (C=O) groups is 2. The zero-order chi connectivity index (χ0) is 16.2. The van der Waals surface area contributed by atoms with Gasteiger partial charge in [0.1, 0.15) is 0 Å². The minimum Gasteiger partial charge on any atom is -0.481 e. The van der Waals surface area contributed by atoms with Gasteiger partial charge in [-0.2, -0.15) is 0 Å². The highest BCUT2D eigenvalue weighted by Gasteiger charge is 2.37. The van der Waals surface area contributed by atoms with Crippen LogP contribution in [0.1, 0.15) is 43.2 Å². The highest BCUT2D eigenvalue weighted by atomic mass is 32.2. The maximum Gasteiger partial charge on any atom is 0.305 e. The summed E-state index contributed by atoms with van der Waals surface area (Å²) in [6.45, 7) is 4.06. The molecule has 0 heterocycles. The summed E-state index contributed by atoms with van der Waals surface area (Å²) in [5.74, 6) is -0.593. The van der Waals surface area contributed by atoms with Gasteiger partial charge < -0.3 is 10.4 Å². The van der Waals surface area contributed by atoms with Crippen molar-refractivity contribution in [2.45, 2.75) is 56.4 Å². The van der Waals surface area contributed by atoms with E-state index in [1.807, 2.05) is 13.8 Å². The molecule has 1 aromatic rings. The molecule has 0 unspecified atom stereocenters. The van der Waals surface area contributed by atoms with Crippen molar-refractivity contribution in [2.24, 2.45) is 0 Å². The number of hydrogen-bond donors (Lipinski definition) is 2. The molecular formula is C17H23NO3S. The first-order chi connectivity index (χ1) is 10.4. The van der Waals surface area contributed by atoms with E-state index in [-0.39, 0.29) is 12.3 Å². The number of carboxylic acid groups (broad SMARTS) is 1. The Balaban J connectivity index is 1.94. The van der Waals surface area contributed by atoms with Crippen molar-refractivity contribution in [1.82, 2.24) is 5.32 Å². The molecule has 120 valence electrons. The van der Waals surface area contributed by atoms with E-state index < -0.39 is 11.5 Å². The summed E-state index contributed by atoms with van der Waals surface area (Å²) >= 11 is 1.51. The van der Waals surface area contributed by atoms with Crippen LogP contribution in [0.15, 0.2) is 23.1 Å². The lowest BCUT2D eigenvalue weighted by Crippen LogP contribution is -2.48. The molecule has 2 N–H and O–H groups in total. The molecule has 1 aliphatic carbocycles. The zero-order valence-corrected chi connectivity index (χ0v) is 14.0. The number of hydrogen-bond acceptors (Lipinski definition) is 3. The van der Waals surface area contributed by atoms with E-state index in [4.69, 9.17) is 5.11 Å². The largest absolute Gasteiger partial charge is 0.481 e. The highest BCUT2D eigenvalue weighted by Crippen LogP contribution is 2.33. The summed E-state index contributed by atoms with van der Waals surface area (Å²) in [5, 5.41) is 12.1. The maximum atomic E-state index is 12.2. The molecule has 1 fully saturated rings. The molecule has 0 saturated heterocycles. The number of nitrogens with one attached hydrogen (secondary N) is 1. The van der Waals surface area contributed by atoms with Gasteiger partial charge in [0.15, 0.2) is 0 Å². The van der Waals surface area contributed by atoms with Crippen molar-refractivity contribution < 1.29 is 14.7 Å². The molecular weight excluding hydrogens is 298 g/mol. The summed E-state index contributed by atoms with van der Waals surface area (Å²) in [6, 6.07) is 6.19. The maximum absolute atomic E-state index is 12.2. The Bertz CT molecular complexity index is 565. The van der Waals surface area contributed by atoms with Crippen LogP contribution in [0.4, 0.5) is 0 Å². The number of aliphatic carboxylic acids is 1. The molecule has 0 spiro atoms. The van der Waals surface area contributed by atoms with Gasteiger partial charge in [-0.1, -0.05) is 30.5 Å². The van der Waals surface area contributed by atoms with Crippen molar-refractivity contribution >= 4 is 23.6 Å². The second-order valence-corrected chi connectivity index (χ2v) is 7.18. The van der Waals surface area contributed by atoms with Crippen LogP contribution in [0.2, 0.25) is 0 Å². The summed E-state index contributed by atoms with van der Waals surface area (Å²) in [7, 11) is 0. The molecule has 1 aliphatic rings. The van der Waals surface area contributed by atoms with Crippen molar-refractivity contribution in [3.63, 3.8) is 0 Å². The van der Waals surface area contributed by atoms with E-state index in [0.717, 1.165) is 36.1 Å². The Morgan fingerprint density at radius 1 is 1.27 bits per heavy atom. The van der Waals surface area contributed by atoms with Crippen molar-refractivity contribution in [3.8, 4) is 0 Å². The van der Waals surface area contributed by atoms with Crippen LogP contribution < -0.4 is 5.32 Å². The smallest absolute Gasteiger partial charge is 0.305 e. The second-order valence-electron chi connectivity index (χ2n) is 6.16. The Hall–Kier alpha value is -1.49. The number of rotatable bonds is 6. The average molecular weight is 321 g/mol. The number of carbonyl (C=O) groups excluding carboxylic acids is 1. The van der Waals surface area contributed by atoms with Crippen molar-refractivity contribution in [1.29, 1.82) is 0 Å². The fourth-order valence-electron chi connectivity index (χ4n) is 3.03. The number of benzene rings is 1. The van der Waals surface area contributed by atoms with Crippen molar-refractivity contribution in [2.75, 3.05) is 5.75 Å². The summed E-state index contributed by atoms with van der Waals surface area (Å²) in [5.41, 5.74) is 1.79. The monoisotopic (exact) mass is 321 g/mol. The fourth-order valence-corrected chi connectivity index (χ4v) is 3.95. The third-order valence-corrected chi connectivity index (χ3v) is 5.31. The van der Waals surface area contributed by atoms with E-state index in [1.165, 1.54) is 17.3 Å². The second kappa shape index (κ2) is 7.18. The third-order valence-electron chi connectivity index (χ3n) is 4.16. The minimum atomic E-state index is -0.843. The normalized spacial score (nSPS) is 16.5. The fraction of sp³-hybridized carbons (Fsp3) is 0.529. The molecule has 1 aromatic carbocycles. The molecule has 0 atom stereocenters. The summed E-state index contributed by atoms with van der Waals surface area (Å²) in [6.07, 6.45) is 3.51. The first-order valence-corrected chi connectivity index (χ1v) is 8.62. The third kappa shape index (κ3) is 4.50. The van der Waals surface area contributed by atoms with Gasteiger partial charge in [0, 0.05) is 4.90 Å². The number of amides is 1. The van der Waals surface area contributed by atoms with E-state index in [9.17, 15) is 9.59 Å². The molecule has 1 amide bonds. The number of aryl methyl sites for hydroxylation is 2. The topological polar surface area (TPSA) is 66.4 Å². The molecule has 22 heavy (non-hydrogen) atoms. The van der Waals surface area contributed by atoms with Gasteiger partial charge in [0.2, 0.25) is 5.91 Å². The van der Waals surface area contributed by atoms with E-state index in [0.29, 0.717) is 5.75 Å². The van der Waals surface area contributed by atoms with Crippen LogP contribution in [0.5, 0.6) is 0 Å². The highest BCUT2D eigenvalue weighted by molar-refractivity contribution is 8.00. The molecule has 1 saturated carbocycles. The quantitative estimate of drug-likeness (QED) is 0.789. The van der Waals surface area contributed by atoms with Gasteiger partial charge in [0.05, 0.1) is 17.7 Å². The standard InChI is InChI=1S/C17H23NO3S/c1-12-5-6-13(2)14(9-12)22-11-15(19)18-17(10-16(20)21)7-3-4-8-17/h5-6,9H,3-4,7-8,10-11H2,1-2H3,(H,18,19)(H,20,21). The number of carboxylic acids is 1. The number of thioether (sulfide) groups is 1. The first-order valence-electron chi connectivity index (χ1n) is 7.63. The summed E-state index contributed by atoms with van der Waals surface area (Å²) in [4.78, 5) is 24.4. The Kier molecular flexibility index (Phi) is 5.51. The van der Waals surface area contributed by atoms with E-state index in [1.54, 1.807) is 0 Å². The molecule has 4 nitrogen and oxygen atoms in total. The van der Waals surface area contributed by atoms with Gasteiger partial charge in [-0.25, -0.2) is 0 Å². The lowest BCUT2D eigenvalue weighted by atomic mass is 9.93. The SMILES string of the molecule is Cc1ccc(C)c(SCC(=O)NC2(CC(=O)O)CCCC2)c1. The minimum absolute atomic E-state index is 0.0207. The Labute approximate surface area is 135 Å². The summed E-state index contributed by atoms with van der Waals surface area (Å²) < 4.78 is 0. The van der Waals surface area contributed by atoms with Crippen LogP contribution in [-0.4, -0.2) is 28.3 Å². The Morgan fingerprint density at radius 3 is 2.59 bits per heavy atom. The van der Waals surface area contributed by atoms with Crippen LogP contribution in [0.25, 0.3) is 0 Å². The van der Waals surface area contributed by atoms with E-state index >= 15 is 0 Å². The van der Waals surface area contributed by atoms with Crippen LogP contribution in [0.3, 0.4) is 0 Å². The average Bonchev–Trinajstić information content (AvgIpc) is 2.87. The molecule has 0 bridgehead atoms. The Morgan fingerprint density at radius 2 is 1.95 bits per heavy atom. The zero-order valence-electron chi connectivity index (χ0n) is 13.1. The molecule has 5 heteroatoms. The van der Waals surface area contributed by atoms with Gasteiger partial charge >= 0.3 is 5.97 Å². The van der Waals surface area contributed by atoms with Gasteiger partial charge in [0.25, 0.3) is 0 Å². The van der Waals surface area contributed by atoms with Gasteiger partial charge in [-0.15, -0.1) is 11.8 Å². The van der Waals surface area contributed by atoms with Gasteiger partial charge in [-0.05, 0) is 38.3 Å². The molecule has 0 radical (unpaired) electrons. The van der Waals surface area contributed by atoms with Gasteiger partial charge in [-0.3, -0.25) is 9.59 Å². The molecule has 2 rings (SSSR count). The van der Waals surface area contributed by atoms with Crippen LogP contribution >= 0.6 is 11.8 Å². The predicted molar refractivity (Wildman–Crippen MR) is 88.2 cm³/mol.